The molecule has 0 bridgehead atoms. The number of hydrogen-bond acceptors (Lipinski definition) is 2. The maximum atomic E-state index is 5.29. The van der Waals surface area contributed by atoms with Gasteiger partial charge in [0.05, 0.1) is 0 Å². The average Bonchev–Trinajstić information content (AvgIpc) is 2.03. The number of hydrogen-bond donors (Lipinski definition) is 0. The molecule has 3 heteroatoms. The summed E-state index contributed by atoms with van der Waals surface area (Å²) in [4.78, 5) is 0. The minimum atomic E-state index is 0.528. The molecule has 0 amide bonds. The van der Waals surface area contributed by atoms with Crippen LogP contribution in [0, 0.1) is 5.92 Å². The van der Waals surface area contributed by atoms with Crippen molar-refractivity contribution in [2.24, 2.45) is 5.92 Å². The number of rotatable bonds is 7. The summed E-state index contributed by atoms with van der Waals surface area (Å²) in [7, 11) is 0. The first-order valence-corrected chi connectivity index (χ1v) is 4.46. The van der Waals surface area contributed by atoms with E-state index in [2.05, 4.69) is 13.5 Å². The second kappa shape index (κ2) is 8.47. The van der Waals surface area contributed by atoms with Gasteiger partial charge in [-0.1, -0.05) is 0 Å². The van der Waals surface area contributed by atoms with Crippen LogP contribution < -0.4 is 0 Å². The van der Waals surface area contributed by atoms with Crippen LogP contribution in [0.15, 0.2) is 12.7 Å². The molecule has 0 aromatic heterocycles. The topological polar surface area (TPSA) is 18.5 Å². The van der Waals surface area contributed by atoms with E-state index in [1.54, 1.807) is 26.9 Å². The first-order chi connectivity index (χ1) is 5.35. The Morgan fingerprint density at radius 2 is 2.27 bits per heavy atom. The molecule has 0 radical (unpaired) electrons. The molecule has 1 atom stereocenters. The van der Waals surface area contributed by atoms with Crippen molar-refractivity contribution in [1.82, 2.24) is 0 Å². The van der Waals surface area contributed by atoms with Gasteiger partial charge in [0, 0.05) is 0 Å². The van der Waals surface area contributed by atoms with E-state index in [1.165, 1.54) is 0 Å². The van der Waals surface area contributed by atoms with Crippen LogP contribution in [-0.2, 0) is 28.9 Å². The fourth-order valence-electron chi connectivity index (χ4n) is 0.720. The van der Waals surface area contributed by atoms with Crippen molar-refractivity contribution in [2.75, 3.05) is 19.8 Å². The van der Waals surface area contributed by atoms with Gasteiger partial charge in [-0.25, -0.2) is 0 Å². The van der Waals surface area contributed by atoms with E-state index in [4.69, 9.17) is 8.06 Å². The Hall–Kier alpha value is 0.374. The summed E-state index contributed by atoms with van der Waals surface area (Å²) in [6.07, 6.45) is 2.87. The van der Waals surface area contributed by atoms with Crippen LogP contribution in [0.25, 0.3) is 0 Å². The summed E-state index contributed by atoms with van der Waals surface area (Å²) in [5.74, 6) is 0.528. The van der Waals surface area contributed by atoms with E-state index in [0.29, 0.717) is 12.5 Å². The Labute approximate surface area is 80.8 Å². The third-order valence-electron chi connectivity index (χ3n) is 1.49. The molecular weight excluding hydrogens is 176 g/mol. The van der Waals surface area contributed by atoms with Crippen LogP contribution in [-0.4, -0.2) is 19.8 Å². The molecule has 2 nitrogen and oxygen atoms in total. The molecule has 1 unspecified atom stereocenters. The van der Waals surface area contributed by atoms with Gasteiger partial charge in [-0.2, -0.15) is 0 Å². The van der Waals surface area contributed by atoms with E-state index >= 15 is 0 Å². The van der Waals surface area contributed by atoms with E-state index in [-0.39, 0.29) is 0 Å². The molecule has 0 heterocycles. The van der Waals surface area contributed by atoms with E-state index in [0.717, 1.165) is 19.6 Å². The van der Waals surface area contributed by atoms with Crippen molar-refractivity contribution in [3.8, 4) is 0 Å². The third kappa shape index (κ3) is 6.76. The predicted octanol–water partition coefficient (Wildman–Crippen LogP) is 1.69. The Bertz CT molecular complexity index is 96.1. The quantitative estimate of drug-likeness (QED) is 0.346. The molecule has 0 fully saturated rings. The van der Waals surface area contributed by atoms with Crippen LogP contribution in [0.5, 0.6) is 0 Å². The van der Waals surface area contributed by atoms with Crippen molar-refractivity contribution in [3.05, 3.63) is 12.7 Å². The van der Waals surface area contributed by atoms with Crippen molar-refractivity contribution in [3.63, 3.8) is 0 Å². The normalized spacial score (nSPS) is 12.7. The first kappa shape index (κ1) is 11.4. The molecule has 0 aliphatic heterocycles. The molecule has 0 aromatic carbocycles. The summed E-state index contributed by atoms with van der Waals surface area (Å²) < 4.78 is 10.3. The molecular formula is C8H15O2Ti. The van der Waals surface area contributed by atoms with Gasteiger partial charge in [-0.05, 0) is 0 Å². The Kier molecular flexibility index (Phi) is 8.76. The molecule has 0 aromatic rings. The second-order valence-corrected chi connectivity index (χ2v) is 2.86. The van der Waals surface area contributed by atoms with Crippen LogP contribution >= 0.6 is 0 Å². The van der Waals surface area contributed by atoms with Gasteiger partial charge >= 0.3 is 80.6 Å². The zero-order valence-corrected chi connectivity index (χ0v) is 8.57. The zero-order valence-electron chi connectivity index (χ0n) is 7.01. The van der Waals surface area contributed by atoms with E-state index < -0.39 is 0 Å². The van der Waals surface area contributed by atoms with Crippen molar-refractivity contribution < 1.29 is 28.9 Å². The van der Waals surface area contributed by atoms with Crippen LogP contribution in [0.1, 0.15) is 13.3 Å². The van der Waals surface area contributed by atoms with Crippen molar-refractivity contribution >= 4 is 0 Å². The SMILES string of the molecule is C=CCOCC(CC)C[O][Ti]. The van der Waals surface area contributed by atoms with Crippen LogP contribution in [0.2, 0.25) is 0 Å². The van der Waals surface area contributed by atoms with E-state index in [9.17, 15) is 0 Å². The van der Waals surface area contributed by atoms with Gasteiger partial charge in [0.25, 0.3) is 0 Å². The third-order valence-corrected chi connectivity index (χ3v) is 1.75. The molecule has 63 valence electrons. The summed E-state index contributed by atoms with van der Waals surface area (Å²) in [5.41, 5.74) is 0. The standard InChI is InChI=1S/C8H15O2.Ti/c1-3-5-10-7-8(4-2)6-9;/h3,8H,1,4-7H2,2H3;/q-1;+1. The molecule has 11 heavy (non-hydrogen) atoms. The molecule has 0 rings (SSSR count). The molecule has 0 aliphatic carbocycles. The summed E-state index contributed by atoms with van der Waals surface area (Å²) in [5, 5.41) is 0. The summed E-state index contributed by atoms with van der Waals surface area (Å²) >= 11 is 1.72. The molecule has 0 saturated carbocycles. The van der Waals surface area contributed by atoms with Gasteiger partial charge in [0.2, 0.25) is 0 Å². The van der Waals surface area contributed by atoms with E-state index in [1.807, 2.05) is 0 Å². The van der Waals surface area contributed by atoms with Gasteiger partial charge in [0.15, 0.2) is 0 Å². The maximum absolute atomic E-state index is 5.29. The van der Waals surface area contributed by atoms with Crippen molar-refractivity contribution in [1.29, 1.82) is 0 Å². The Morgan fingerprint density at radius 3 is 2.73 bits per heavy atom. The fraction of sp³-hybridized carbons (Fsp3) is 0.750. The molecule has 0 aliphatic rings. The first-order valence-electron chi connectivity index (χ1n) is 3.82. The minimum absolute atomic E-state index is 0.528. The zero-order chi connectivity index (χ0) is 8.53. The molecule has 0 N–H and O–H groups in total. The van der Waals surface area contributed by atoms with Gasteiger partial charge in [-0.3, -0.25) is 0 Å². The monoisotopic (exact) mass is 191 g/mol. The summed E-state index contributed by atoms with van der Waals surface area (Å²) in [6.45, 7) is 7.91. The van der Waals surface area contributed by atoms with Crippen LogP contribution in [0.3, 0.4) is 0 Å². The van der Waals surface area contributed by atoms with Crippen molar-refractivity contribution in [2.45, 2.75) is 13.3 Å². The second-order valence-electron chi connectivity index (χ2n) is 2.41. The van der Waals surface area contributed by atoms with Gasteiger partial charge < -0.3 is 0 Å². The van der Waals surface area contributed by atoms with Gasteiger partial charge in [0.1, 0.15) is 0 Å². The van der Waals surface area contributed by atoms with Crippen LogP contribution in [0.4, 0.5) is 0 Å². The Balaban J connectivity index is 3.27. The molecule has 0 saturated heterocycles. The fourth-order valence-corrected chi connectivity index (χ4v) is 1.09. The van der Waals surface area contributed by atoms with Gasteiger partial charge in [-0.15, -0.1) is 0 Å². The average molecular weight is 191 g/mol. The Morgan fingerprint density at radius 1 is 1.55 bits per heavy atom. The number of ether oxygens (including phenoxy) is 1. The summed E-state index contributed by atoms with van der Waals surface area (Å²) in [6, 6.07) is 0. The molecule has 0 spiro atoms. The predicted molar refractivity (Wildman–Crippen MR) is 40.7 cm³/mol.